The summed E-state index contributed by atoms with van der Waals surface area (Å²) in [7, 11) is 0. The predicted molar refractivity (Wildman–Crippen MR) is 79.4 cm³/mol. The third-order valence-corrected chi connectivity index (χ3v) is 4.91. The molecule has 9 heteroatoms. The van der Waals surface area contributed by atoms with Crippen LogP contribution in [0.15, 0.2) is 29.2 Å². The molecular formula is C12H12N2O5S2. The molecule has 7 nitrogen and oxygen atoms in total. The largest absolute Gasteiger partial charge is 0.480 e. The maximum absolute atomic E-state index is 12.0. The minimum Gasteiger partial charge on any atom is -0.480 e. The Kier molecular flexibility index (Phi) is 5.07. The zero-order valence-electron chi connectivity index (χ0n) is 10.8. The quantitative estimate of drug-likeness (QED) is 0.498. The normalized spacial score (nSPS) is 17.7. The van der Waals surface area contributed by atoms with Gasteiger partial charge in [-0.15, -0.1) is 23.5 Å². The Labute approximate surface area is 128 Å². The number of carboxylic acids is 1. The van der Waals surface area contributed by atoms with E-state index in [-0.39, 0.29) is 17.3 Å². The molecule has 0 radical (unpaired) electrons. The van der Waals surface area contributed by atoms with Crippen LogP contribution in [0.1, 0.15) is 0 Å². The first kappa shape index (κ1) is 15.6. The van der Waals surface area contributed by atoms with Gasteiger partial charge in [-0.05, 0) is 12.1 Å². The van der Waals surface area contributed by atoms with Gasteiger partial charge in [-0.25, -0.2) is 4.79 Å². The van der Waals surface area contributed by atoms with Crippen LogP contribution in [0.3, 0.4) is 0 Å². The Balaban J connectivity index is 1.91. The van der Waals surface area contributed by atoms with Crippen molar-refractivity contribution in [3.63, 3.8) is 0 Å². The highest BCUT2D eigenvalue weighted by molar-refractivity contribution is 8.00. The second kappa shape index (κ2) is 6.81. The summed E-state index contributed by atoms with van der Waals surface area (Å²) in [6, 6.07) is 5.13. The van der Waals surface area contributed by atoms with Crippen molar-refractivity contribution >= 4 is 41.1 Å². The summed E-state index contributed by atoms with van der Waals surface area (Å²) < 4.78 is 0. The lowest BCUT2D eigenvalue weighted by Crippen LogP contribution is -2.42. The van der Waals surface area contributed by atoms with E-state index in [1.54, 1.807) is 12.1 Å². The van der Waals surface area contributed by atoms with E-state index in [2.05, 4.69) is 0 Å². The molecule has 0 saturated carbocycles. The van der Waals surface area contributed by atoms with Crippen LogP contribution in [-0.2, 0) is 9.59 Å². The van der Waals surface area contributed by atoms with Crippen LogP contribution in [0.4, 0.5) is 5.69 Å². The minimum absolute atomic E-state index is 0.00689. The fourth-order valence-electron chi connectivity index (χ4n) is 1.79. The van der Waals surface area contributed by atoms with Gasteiger partial charge in [0.05, 0.1) is 16.6 Å². The van der Waals surface area contributed by atoms with Gasteiger partial charge in [0.2, 0.25) is 5.91 Å². The Morgan fingerprint density at radius 1 is 1.43 bits per heavy atom. The van der Waals surface area contributed by atoms with Crippen LogP contribution in [0.2, 0.25) is 0 Å². The third-order valence-electron chi connectivity index (χ3n) is 2.90. The number of nitro groups is 1. The zero-order chi connectivity index (χ0) is 15.4. The molecule has 1 amide bonds. The molecule has 0 bridgehead atoms. The average molecular weight is 328 g/mol. The molecule has 1 aliphatic rings. The van der Waals surface area contributed by atoms with Gasteiger partial charge < -0.3 is 10.0 Å². The van der Waals surface area contributed by atoms with Crippen LogP contribution in [0.5, 0.6) is 0 Å². The summed E-state index contributed by atoms with van der Waals surface area (Å²) >= 11 is 2.65. The van der Waals surface area contributed by atoms with Gasteiger partial charge in [0.1, 0.15) is 6.04 Å². The minimum atomic E-state index is -0.992. The number of thioether (sulfide) groups is 2. The van der Waals surface area contributed by atoms with E-state index in [0.29, 0.717) is 11.6 Å². The molecule has 1 aliphatic heterocycles. The first-order chi connectivity index (χ1) is 9.99. The summed E-state index contributed by atoms with van der Waals surface area (Å²) in [5, 5.41) is 19.6. The van der Waals surface area contributed by atoms with Crippen LogP contribution in [-0.4, -0.2) is 50.2 Å². The summed E-state index contributed by atoms with van der Waals surface area (Å²) in [4.78, 5) is 35.2. The molecule has 0 aliphatic carbocycles. The maximum Gasteiger partial charge on any atom is 0.327 e. The number of nitro benzene ring substituents is 1. The standard InChI is InChI=1S/C12H12N2O5S2/c15-11(13-7-20-5-10(13)12(16)17)6-21-9-3-1-8(2-4-9)14(18)19/h1-4,10H,5-7H2,(H,16,17). The second-order valence-corrected chi connectivity index (χ2v) is 6.31. The van der Waals surface area contributed by atoms with Crippen molar-refractivity contribution in [2.24, 2.45) is 0 Å². The molecule has 1 unspecified atom stereocenters. The lowest BCUT2D eigenvalue weighted by Gasteiger charge is -2.20. The van der Waals surface area contributed by atoms with E-state index < -0.39 is 16.9 Å². The maximum atomic E-state index is 12.0. The number of hydrogen-bond donors (Lipinski definition) is 1. The Morgan fingerprint density at radius 3 is 2.67 bits per heavy atom. The van der Waals surface area contributed by atoms with Gasteiger partial charge in [-0.3, -0.25) is 14.9 Å². The van der Waals surface area contributed by atoms with Gasteiger partial charge in [-0.1, -0.05) is 0 Å². The van der Waals surface area contributed by atoms with E-state index in [0.717, 1.165) is 4.90 Å². The van der Waals surface area contributed by atoms with Crippen molar-refractivity contribution in [3.8, 4) is 0 Å². The van der Waals surface area contributed by atoms with E-state index in [4.69, 9.17) is 5.11 Å². The second-order valence-electron chi connectivity index (χ2n) is 4.26. The average Bonchev–Trinajstić information content (AvgIpc) is 2.95. The number of carboxylic acid groups (broad SMARTS) is 1. The lowest BCUT2D eigenvalue weighted by atomic mass is 10.3. The highest BCUT2D eigenvalue weighted by Gasteiger charge is 2.34. The number of amides is 1. The number of hydrogen-bond acceptors (Lipinski definition) is 6. The van der Waals surface area contributed by atoms with E-state index >= 15 is 0 Å². The van der Waals surface area contributed by atoms with E-state index in [1.165, 1.54) is 40.6 Å². The first-order valence-electron chi connectivity index (χ1n) is 5.96. The number of carbonyl (C=O) groups is 2. The monoisotopic (exact) mass is 328 g/mol. The van der Waals surface area contributed by atoms with Crippen LogP contribution in [0.25, 0.3) is 0 Å². The molecular weight excluding hydrogens is 316 g/mol. The number of benzene rings is 1. The van der Waals surface area contributed by atoms with Crippen molar-refractivity contribution in [1.29, 1.82) is 0 Å². The van der Waals surface area contributed by atoms with Crippen molar-refractivity contribution in [1.82, 2.24) is 4.90 Å². The summed E-state index contributed by atoms with van der Waals surface area (Å²) in [6.07, 6.45) is 0. The molecule has 21 heavy (non-hydrogen) atoms. The molecule has 1 heterocycles. The summed E-state index contributed by atoms with van der Waals surface area (Å²) in [5.41, 5.74) is -0.00689. The Hall–Kier alpha value is -1.74. The lowest BCUT2D eigenvalue weighted by molar-refractivity contribution is -0.384. The highest BCUT2D eigenvalue weighted by atomic mass is 32.2. The summed E-state index contributed by atoms with van der Waals surface area (Å²) in [5.74, 6) is -0.327. The Morgan fingerprint density at radius 2 is 2.10 bits per heavy atom. The molecule has 1 fully saturated rings. The predicted octanol–water partition coefficient (Wildman–Crippen LogP) is 1.67. The topological polar surface area (TPSA) is 101 Å². The van der Waals surface area contributed by atoms with E-state index in [1.807, 2.05) is 0 Å². The van der Waals surface area contributed by atoms with Crippen LogP contribution < -0.4 is 0 Å². The first-order valence-corrected chi connectivity index (χ1v) is 8.10. The number of aliphatic carboxylic acids is 1. The SMILES string of the molecule is O=C(O)C1CSCN1C(=O)CSc1ccc([N+](=O)[O-])cc1. The smallest absolute Gasteiger partial charge is 0.327 e. The van der Waals surface area contributed by atoms with Gasteiger partial charge >= 0.3 is 5.97 Å². The molecule has 1 aromatic carbocycles. The molecule has 1 saturated heterocycles. The molecule has 112 valence electrons. The number of non-ortho nitro benzene ring substituents is 1. The van der Waals surface area contributed by atoms with Crippen LogP contribution in [0, 0.1) is 10.1 Å². The number of rotatable bonds is 5. The van der Waals surface area contributed by atoms with Crippen molar-refractivity contribution in [3.05, 3.63) is 34.4 Å². The Bertz CT molecular complexity index is 563. The fraction of sp³-hybridized carbons (Fsp3) is 0.333. The third kappa shape index (κ3) is 3.88. The van der Waals surface area contributed by atoms with Gasteiger partial charge in [0.15, 0.2) is 0 Å². The summed E-state index contributed by atoms with van der Waals surface area (Å²) in [6.45, 7) is 0. The van der Waals surface area contributed by atoms with Gasteiger partial charge in [0, 0.05) is 22.8 Å². The number of carbonyl (C=O) groups excluding carboxylic acids is 1. The molecule has 1 atom stereocenters. The van der Waals surface area contributed by atoms with Crippen LogP contribution >= 0.6 is 23.5 Å². The van der Waals surface area contributed by atoms with Crippen molar-refractivity contribution in [2.45, 2.75) is 10.9 Å². The highest BCUT2D eigenvalue weighted by Crippen LogP contribution is 2.25. The number of nitrogens with zero attached hydrogens (tertiary/aromatic N) is 2. The molecule has 0 spiro atoms. The molecule has 2 rings (SSSR count). The molecule has 1 aromatic rings. The fourth-order valence-corrected chi connectivity index (χ4v) is 3.74. The van der Waals surface area contributed by atoms with Crippen molar-refractivity contribution in [2.75, 3.05) is 17.4 Å². The zero-order valence-corrected chi connectivity index (χ0v) is 12.4. The van der Waals surface area contributed by atoms with E-state index in [9.17, 15) is 19.7 Å². The van der Waals surface area contributed by atoms with Crippen molar-refractivity contribution < 1.29 is 19.6 Å². The van der Waals surface area contributed by atoms with Gasteiger partial charge in [-0.2, -0.15) is 0 Å². The molecule has 0 aromatic heterocycles. The molecule has 1 N–H and O–H groups in total. The van der Waals surface area contributed by atoms with Gasteiger partial charge in [0.25, 0.3) is 5.69 Å².